The number of fused-ring (bicyclic) bond motifs is 2. The van der Waals surface area contributed by atoms with Crippen molar-refractivity contribution in [1.82, 2.24) is 10.2 Å². The smallest absolute Gasteiger partial charge is 0.328 e. The van der Waals surface area contributed by atoms with Gasteiger partial charge in [-0.05, 0) is 49.1 Å². The lowest BCUT2D eigenvalue weighted by Crippen LogP contribution is -2.43. The number of carbonyl (C=O) groups excluding carboxylic acids is 3. The fourth-order valence-electron chi connectivity index (χ4n) is 5.07. The SMILES string of the molecule is C[C@H](NC(=O)c1ccccc1Cl)C(=O)OCC(=O)N1C[C@]2(C)C[C@H]1CC(C)(C)C2. The number of ether oxygens (including phenoxy) is 1. The van der Waals surface area contributed by atoms with Crippen LogP contribution in [-0.4, -0.2) is 47.9 Å². The number of amides is 2. The number of hydrogen-bond donors (Lipinski definition) is 1. The molecule has 0 aromatic heterocycles. The van der Waals surface area contributed by atoms with Crippen LogP contribution in [0.15, 0.2) is 24.3 Å². The van der Waals surface area contributed by atoms with E-state index in [9.17, 15) is 14.4 Å². The van der Waals surface area contributed by atoms with Gasteiger partial charge in [0.2, 0.25) is 0 Å². The molecule has 2 aliphatic rings. The van der Waals surface area contributed by atoms with Crippen molar-refractivity contribution >= 4 is 29.4 Å². The largest absolute Gasteiger partial charge is 0.454 e. The number of rotatable bonds is 5. The van der Waals surface area contributed by atoms with Gasteiger partial charge in [0.15, 0.2) is 6.61 Å². The molecule has 2 fully saturated rings. The standard InChI is InChI=1S/C22H29ClN2O4/c1-14(24-19(27)16-7-5-6-8-17(16)23)20(28)29-11-18(26)25-13-22(4)10-15(25)9-21(2,3)12-22/h5-8,14-15H,9-13H2,1-4H3,(H,24,27)/t14-,15+,22+/m0/s1. The van der Waals surface area contributed by atoms with Crippen LogP contribution in [0.5, 0.6) is 0 Å². The highest BCUT2D eigenvalue weighted by molar-refractivity contribution is 6.33. The molecule has 1 saturated carbocycles. The summed E-state index contributed by atoms with van der Waals surface area (Å²) in [6.45, 7) is 8.64. The monoisotopic (exact) mass is 420 g/mol. The van der Waals surface area contributed by atoms with Gasteiger partial charge < -0.3 is 15.0 Å². The average Bonchev–Trinajstić information content (AvgIpc) is 2.88. The molecule has 158 valence electrons. The summed E-state index contributed by atoms with van der Waals surface area (Å²) in [5.74, 6) is -1.28. The summed E-state index contributed by atoms with van der Waals surface area (Å²) in [5.41, 5.74) is 0.619. The van der Waals surface area contributed by atoms with E-state index in [4.69, 9.17) is 16.3 Å². The minimum Gasteiger partial charge on any atom is -0.454 e. The Morgan fingerprint density at radius 1 is 1.24 bits per heavy atom. The van der Waals surface area contributed by atoms with Gasteiger partial charge in [-0.1, -0.05) is 44.5 Å². The van der Waals surface area contributed by atoms with Crippen molar-refractivity contribution in [1.29, 1.82) is 0 Å². The minimum atomic E-state index is -0.888. The van der Waals surface area contributed by atoms with Crippen molar-refractivity contribution in [2.75, 3.05) is 13.2 Å². The van der Waals surface area contributed by atoms with Gasteiger partial charge in [0.25, 0.3) is 11.8 Å². The van der Waals surface area contributed by atoms with Crippen LogP contribution in [0.3, 0.4) is 0 Å². The zero-order valence-corrected chi connectivity index (χ0v) is 18.2. The van der Waals surface area contributed by atoms with Gasteiger partial charge in [0.05, 0.1) is 10.6 Å². The highest BCUT2D eigenvalue weighted by Gasteiger charge is 2.50. The van der Waals surface area contributed by atoms with Crippen LogP contribution in [0.25, 0.3) is 0 Å². The Labute approximate surface area is 176 Å². The normalized spacial score (nSPS) is 26.0. The van der Waals surface area contributed by atoms with Gasteiger partial charge in [0.1, 0.15) is 6.04 Å². The second kappa shape index (κ2) is 7.98. The number of nitrogens with one attached hydrogen (secondary N) is 1. The summed E-state index contributed by atoms with van der Waals surface area (Å²) < 4.78 is 5.20. The van der Waals surface area contributed by atoms with Crippen LogP contribution < -0.4 is 5.32 Å². The fourth-order valence-corrected chi connectivity index (χ4v) is 5.29. The molecule has 0 spiro atoms. The molecule has 3 atom stereocenters. The molecule has 0 unspecified atom stereocenters. The topological polar surface area (TPSA) is 75.7 Å². The molecule has 0 radical (unpaired) electrons. The van der Waals surface area contributed by atoms with Crippen molar-refractivity contribution in [2.24, 2.45) is 10.8 Å². The van der Waals surface area contributed by atoms with E-state index in [1.54, 1.807) is 24.3 Å². The van der Waals surface area contributed by atoms with Crippen molar-refractivity contribution in [3.63, 3.8) is 0 Å². The van der Waals surface area contributed by atoms with Gasteiger partial charge >= 0.3 is 5.97 Å². The van der Waals surface area contributed by atoms with Gasteiger partial charge in [-0.2, -0.15) is 0 Å². The van der Waals surface area contributed by atoms with Crippen LogP contribution in [0, 0.1) is 10.8 Å². The predicted molar refractivity (Wildman–Crippen MR) is 111 cm³/mol. The number of hydrogen-bond acceptors (Lipinski definition) is 4. The highest BCUT2D eigenvalue weighted by Crippen LogP contribution is 2.52. The Morgan fingerprint density at radius 2 is 1.93 bits per heavy atom. The molecule has 1 aliphatic carbocycles. The van der Waals surface area contributed by atoms with Gasteiger partial charge in [-0.3, -0.25) is 9.59 Å². The van der Waals surface area contributed by atoms with E-state index in [1.165, 1.54) is 6.92 Å². The number of carbonyl (C=O) groups is 3. The van der Waals surface area contributed by atoms with Crippen LogP contribution >= 0.6 is 11.6 Å². The number of likely N-dealkylation sites (tertiary alicyclic amines) is 1. The van der Waals surface area contributed by atoms with E-state index in [-0.39, 0.29) is 34.9 Å². The molecule has 6 nitrogen and oxygen atoms in total. The molecule has 1 aromatic carbocycles. The Kier molecular flexibility index (Phi) is 5.95. The summed E-state index contributed by atoms with van der Waals surface area (Å²) in [4.78, 5) is 39.1. The minimum absolute atomic E-state index is 0.127. The maximum Gasteiger partial charge on any atom is 0.328 e. The van der Waals surface area contributed by atoms with Crippen LogP contribution in [0.2, 0.25) is 5.02 Å². The van der Waals surface area contributed by atoms with Crippen LogP contribution in [-0.2, 0) is 14.3 Å². The molecular weight excluding hydrogens is 392 g/mol. The first-order valence-electron chi connectivity index (χ1n) is 10.0. The van der Waals surface area contributed by atoms with Gasteiger partial charge in [-0.25, -0.2) is 4.79 Å². The lowest BCUT2D eigenvalue weighted by Gasteiger charge is -2.39. The molecule has 7 heteroatoms. The van der Waals surface area contributed by atoms with E-state index in [0.29, 0.717) is 11.6 Å². The molecule has 1 heterocycles. The lowest BCUT2D eigenvalue weighted by molar-refractivity contribution is -0.153. The van der Waals surface area contributed by atoms with Gasteiger partial charge in [0, 0.05) is 12.6 Å². The van der Waals surface area contributed by atoms with Gasteiger partial charge in [-0.15, -0.1) is 0 Å². The van der Waals surface area contributed by atoms with E-state index < -0.39 is 17.9 Å². The van der Waals surface area contributed by atoms with Crippen LogP contribution in [0.1, 0.15) is 57.3 Å². The Morgan fingerprint density at radius 3 is 2.62 bits per heavy atom. The van der Waals surface area contributed by atoms with Crippen molar-refractivity contribution < 1.29 is 19.1 Å². The second-order valence-corrected chi connectivity index (χ2v) is 9.93. The third-order valence-corrected chi connectivity index (χ3v) is 6.22. The molecule has 1 aromatic rings. The molecule has 1 saturated heterocycles. The summed E-state index contributed by atoms with van der Waals surface area (Å²) in [5, 5.41) is 2.86. The van der Waals surface area contributed by atoms with Crippen molar-refractivity contribution in [2.45, 2.75) is 59.0 Å². The average molecular weight is 421 g/mol. The Balaban J connectivity index is 1.52. The van der Waals surface area contributed by atoms with Crippen molar-refractivity contribution in [3.8, 4) is 0 Å². The second-order valence-electron chi connectivity index (χ2n) is 9.52. The van der Waals surface area contributed by atoms with E-state index in [0.717, 1.165) is 19.3 Å². The number of benzene rings is 1. The Hall–Kier alpha value is -2.08. The zero-order valence-electron chi connectivity index (χ0n) is 17.5. The maximum atomic E-state index is 12.7. The quantitative estimate of drug-likeness (QED) is 0.740. The van der Waals surface area contributed by atoms with E-state index >= 15 is 0 Å². The first-order chi connectivity index (χ1) is 13.5. The third-order valence-electron chi connectivity index (χ3n) is 5.89. The summed E-state index contributed by atoms with van der Waals surface area (Å²) in [7, 11) is 0. The molecule has 1 aliphatic heterocycles. The molecule has 3 rings (SSSR count). The molecule has 2 bridgehead atoms. The van der Waals surface area contributed by atoms with Crippen LogP contribution in [0.4, 0.5) is 0 Å². The summed E-state index contributed by atoms with van der Waals surface area (Å²) >= 11 is 6.01. The third kappa shape index (κ3) is 4.92. The molecule has 2 amide bonds. The Bertz CT molecular complexity index is 825. The first-order valence-corrected chi connectivity index (χ1v) is 10.4. The number of halogens is 1. The summed E-state index contributed by atoms with van der Waals surface area (Å²) in [6.07, 6.45) is 3.05. The number of nitrogens with zero attached hydrogens (tertiary/aromatic N) is 1. The van der Waals surface area contributed by atoms with Crippen molar-refractivity contribution in [3.05, 3.63) is 34.9 Å². The zero-order chi connectivity index (χ0) is 21.4. The fraction of sp³-hybridized carbons (Fsp3) is 0.591. The molecule has 1 N–H and O–H groups in total. The molecule has 29 heavy (non-hydrogen) atoms. The lowest BCUT2D eigenvalue weighted by atomic mass is 9.65. The predicted octanol–water partition coefficient (Wildman–Crippen LogP) is 3.43. The summed E-state index contributed by atoms with van der Waals surface area (Å²) in [6, 6.07) is 5.90. The maximum absolute atomic E-state index is 12.7. The van der Waals surface area contributed by atoms with E-state index in [1.807, 2.05) is 4.90 Å². The molecular formula is C22H29ClN2O4. The van der Waals surface area contributed by atoms with E-state index in [2.05, 4.69) is 26.1 Å². The number of esters is 1. The first kappa shape index (κ1) is 21.6. The highest BCUT2D eigenvalue weighted by atomic mass is 35.5.